The van der Waals surface area contributed by atoms with E-state index in [2.05, 4.69) is 0 Å². The normalized spacial score (nSPS) is 13.6. The van der Waals surface area contributed by atoms with Crippen molar-refractivity contribution in [3.63, 3.8) is 0 Å². The van der Waals surface area contributed by atoms with Gasteiger partial charge in [-0.3, -0.25) is 0 Å². The highest BCUT2D eigenvalue weighted by Gasteiger charge is 2.40. The van der Waals surface area contributed by atoms with Crippen LogP contribution in [0.2, 0.25) is 0 Å². The molecule has 90 valence electrons. The quantitative estimate of drug-likeness (QED) is 0.830. The second kappa shape index (κ2) is 4.71. The van der Waals surface area contributed by atoms with E-state index in [1.54, 1.807) is 0 Å². The average molecular weight is 235 g/mol. The lowest BCUT2D eigenvalue weighted by Gasteiger charge is -2.23. The van der Waals surface area contributed by atoms with Gasteiger partial charge in [0.05, 0.1) is 12.7 Å². The summed E-state index contributed by atoms with van der Waals surface area (Å²) in [6.07, 6.45) is 0. The van der Waals surface area contributed by atoms with Gasteiger partial charge in [-0.05, 0) is 12.1 Å². The number of rotatable bonds is 4. The molecule has 0 aromatic heterocycles. The van der Waals surface area contributed by atoms with Gasteiger partial charge in [0.15, 0.2) is 0 Å². The van der Waals surface area contributed by atoms with E-state index >= 15 is 0 Å². The van der Waals surface area contributed by atoms with Crippen LogP contribution < -0.4 is 10.5 Å². The molecule has 3 nitrogen and oxygen atoms in total. The molecule has 1 atom stereocenters. The lowest BCUT2D eigenvalue weighted by atomic mass is 10.00. The van der Waals surface area contributed by atoms with Crippen LogP contribution in [0.15, 0.2) is 18.2 Å². The summed E-state index contributed by atoms with van der Waals surface area (Å²) in [6.45, 7) is -1.45. The Labute approximate surface area is 90.6 Å². The molecule has 0 spiro atoms. The first kappa shape index (κ1) is 12.8. The van der Waals surface area contributed by atoms with E-state index in [9.17, 15) is 13.2 Å². The summed E-state index contributed by atoms with van der Waals surface area (Å²) < 4.78 is 44.4. The van der Waals surface area contributed by atoms with Crippen molar-refractivity contribution in [1.29, 1.82) is 0 Å². The molecule has 0 aliphatic carbocycles. The molecule has 0 saturated heterocycles. The molecule has 1 aromatic carbocycles. The number of aliphatic hydroxyl groups excluding tert-OH is 1. The third-order valence-corrected chi connectivity index (χ3v) is 2.21. The SMILES string of the molecule is COc1cccc(F)c1[C@@H](N)C(F)(F)CO. The van der Waals surface area contributed by atoms with Crippen molar-refractivity contribution in [3.8, 4) is 5.75 Å². The Balaban J connectivity index is 3.21. The van der Waals surface area contributed by atoms with Gasteiger partial charge in [-0.25, -0.2) is 13.2 Å². The Hall–Kier alpha value is -1.27. The second-order valence-electron chi connectivity index (χ2n) is 3.25. The smallest absolute Gasteiger partial charge is 0.289 e. The summed E-state index contributed by atoms with van der Waals surface area (Å²) >= 11 is 0. The number of alkyl halides is 2. The highest BCUT2D eigenvalue weighted by Crippen LogP contribution is 2.35. The molecule has 0 unspecified atom stereocenters. The molecule has 16 heavy (non-hydrogen) atoms. The zero-order valence-electron chi connectivity index (χ0n) is 8.58. The number of hydrogen-bond donors (Lipinski definition) is 2. The molecule has 0 bridgehead atoms. The minimum Gasteiger partial charge on any atom is -0.496 e. The van der Waals surface area contributed by atoms with Gasteiger partial charge in [-0.15, -0.1) is 0 Å². The average Bonchev–Trinajstić information content (AvgIpc) is 2.27. The van der Waals surface area contributed by atoms with Crippen molar-refractivity contribution in [2.75, 3.05) is 13.7 Å². The Morgan fingerprint density at radius 1 is 1.50 bits per heavy atom. The van der Waals surface area contributed by atoms with Crippen LogP contribution in [-0.4, -0.2) is 24.7 Å². The topological polar surface area (TPSA) is 55.5 Å². The Kier molecular flexibility index (Phi) is 3.77. The summed E-state index contributed by atoms with van der Waals surface area (Å²) in [6, 6.07) is 1.70. The number of benzene rings is 1. The van der Waals surface area contributed by atoms with Crippen LogP contribution in [0, 0.1) is 5.82 Å². The fraction of sp³-hybridized carbons (Fsp3) is 0.400. The van der Waals surface area contributed by atoms with Gasteiger partial charge >= 0.3 is 0 Å². The Morgan fingerprint density at radius 3 is 2.62 bits per heavy atom. The van der Waals surface area contributed by atoms with Crippen molar-refractivity contribution in [3.05, 3.63) is 29.6 Å². The monoisotopic (exact) mass is 235 g/mol. The largest absolute Gasteiger partial charge is 0.496 e. The van der Waals surface area contributed by atoms with E-state index in [0.29, 0.717) is 0 Å². The molecule has 1 rings (SSSR count). The number of halogens is 3. The molecule has 0 amide bonds. The maximum atomic E-state index is 13.4. The van der Waals surface area contributed by atoms with E-state index in [1.807, 2.05) is 0 Å². The predicted octanol–water partition coefficient (Wildman–Crippen LogP) is 1.46. The van der Waals surface area contributed by atoms with Gasteiger partial charge in [0, 0.05) is 0 Å². The first-order chi connectivity index (χ1) is 7.44. The molecule has 0 aliphatic heterocycles. The zero-order valence-corrected chi connectivity index (χ0v) is 8.58. The van der Waals surface area contributed by atoms with Crippen molar-refractivity contribution in [1.82, 2.24) is 0 Å². The maximum Gasteiger partial charge on any atom is 0.289 e. The van der Waals surface area contributed by atoms with Gasteiger partial charge in [-0.1, -0.05) is 6.07 Å². The first-order valence-electron chi connectivity index (χ1n) is 4.50. The van der Waals surface area contributed by atoms with Crippen LogP contribution in [0.3, 0.4) is 0 Å². The van der Waals surface area contributed by atoms with Crippen LogP contribution in [0.4, 0.5) is 13.2 Å². The van der Waals surface area contributed by atoms with Crippen LogP contribution in [-0.2, 0) is 0 Å². The third-order valence-electron chi connectivity index (χ3n) is 2.21. The predicted molar refractivity (Wildman–Crippen MR) is 51.9 cm³/mol. The standard InChI is InChI=1S/C10H12F3NO2/c1-16-7-4-2-3-6(11)8(7)9(14)10(12,13)5-15/h2-4,9,15H,5,14H2,1H3/t9-/m1/s1. The lowest BCUT2D eigenvalue weighted by molar-refractivity contribution is -0.0723. The molecule has 0 fully saturated rings. The molecule has 3 N–H and O–H groups in total. The molecule has 6 heteroatoms. The summed E-state index contributed by atoms with van der Waals surface area (Å²) in [5, 5.41) is 8.49. The molecule has 0 aliphatic rings. The summed E-state index contributed by atoms with van der Waals surface area (Å²) in [5.41, 5.74) is 4.79. The molecule has 0 saturated carbocycles. The molecule has 1 aromatic rings. The van der Waals surface area contributed by atoms with E-state index in [4.69, 9.17) is 15.6 Å². The van der Waals surface area contributed by atoms with Gasteiger partial charge in [-0.2, -0.15) is 0 Å². The summed E-state index contributed by atoms with van der Waals surface area (Å²) in [5.74, 6) is -4.56. The number of ether oxygens (including phenoxy) is 1. The van der Waals surface area contributed by atoms with Crippen molar-refractivity contribution in [2.45, 2.75) is 12.0 Å². The van der Waals surface area contributed by atoms with Gasteiger partial charge < -0.3 is 15.6 Å². The van der Waals surface area contributed by atoms with Gasteiger partial charge in [0.1, 0.15) is 24.2 Å². The van der Waals surface area contributed by atoms with E-state index in [-0.39, 0.29) is 5.75 Å². The number of methoxy groups -OCH3 is 1. The minimum atomic E-state index is -3.60. The summed E-state index contributed by atoms with van der Waals surface area (Å²) in [4.78, 5) is 0. The van der Waals surface area contributed by atoms with Gasteiger partial charge in [0.2, 0.25) is 0 Å². The third kappa shape index (κ3) is 2.28. The van der Waals surface area contributed by atoms with Crippen LogP contribution >= 0.6 is 0 Å². The minimum absolute atomic E-state index is 0.0689. The number of aliphatic hydroxyl groups is 1. The Bertz CT molecular complexity index is 371. The van der Waals surface area contributed by atoms with E-state index < -0.39 is 30.0 Å². The second-order valence-corrected chi connectivity index (χ2v) is 3.25. The molecule has 0 radical (unpaired) electrons. The lowest BCUT2D eigenvalue weighted by Crippen LogP contribution is -2.37. The van der Waals surface area contributed by atoms with Crippen molar-refractivity contribution >= 4 is 0 Å². The Morgan fingerprint density at radius 2 is 2.12 bits per heavy atom. The van der Waals surface area contributed by atoms with Crippen LogP contribution in [0.1, 0.15) is 11.6 Å². The van der Waals surface area contributed by atoms with E-state index in [0.717, 1.165) is 6.07 Å². The van der Waals surface area contributed by atoms with E-state index in [1.165, 1.54) is 19.2 Å². The fourth-order valence-electron chi connectivity index (χ4n) is 1.31. The van der Waals surface area contributed by atoms with Crippen molar-refractivity contribution in [2.24, 2.45) is 5.73 Å². The number of hydrogen-bond acceptors (Lipinski definition) is 3. The molecular weight excluding hydrogens is 223 g/mol. The molecule has 0 heterocycles. The van der Waals surface area contributed by atoms with Crippen LogP contribution in [0.5, 0.6) is 5.75 Å². The fourth-order valence-corrected chi connectivity index (χ4v) is 1.31. The number of nitrogens with two attached hydrogens (primary N) is 1. The molecular formula is C10H12F3NO2. The van der Waals surface area contributed by atoms with Crippen LogP contribution in [0.25, 0.3) is 0 Å². The van der Waals surface area contributed by atoms with Crippen molar-refractivity contribution < 1.29 is 23.0 Å². The first-order valence-corrected chi connectivity index (χ1v) is 4.50. The highest BCUT2D eigenvalue weighted by molar-refractivity contribution is 5.38. The highest BCUT2D eigenvalue weighted by atomic mass is 19.3. The van der Waals surface area contributed by atoms with Gasteiger partial charge in [0.25, 0.3) is 5.92 Å². The summed E-state index contributed by atoms with van der Waals surface area (Å²) in [7, 11) is 1.22. The maximum absolute atomic E-state index is 13.4. The zero-order chi connectivity index (χ0) is 12.3.